The van der Waals surface area contributed by atoms with E-state index in [1.807, 2.05) is 54.3 Å². The van der Waals surface area contributed by atoms with Gasteiger partial charge in [-0.2, -0.15) is 0 Å². The minimum atomic E-state index is -1.14. The van der Waals surface area contributed by atoms with Gasteiger partial charge in [-0.3, -0.25) is 38.7 Å². The van der Waals surface area contributed by atoms with Gasteiger partial charge < -0.3 is 41.0 Å². The summed E-state index contributed by atoms with van der Waals surface area (Å²) < 4.78 is 40.9. The summed E-state index contributed by atoms with van der Waals surface area (Å²) in [5, 5.41) is 15.8. The third-order valence-corrected chi connectivity index (χ3v) is 17.4. The number of Topliss-reactive ketones (excluding diaryl/α,β-unsaturated/α-hetero) is 1. The van der Waals surface area contributed by atoms with E-state index in [4.69, 9.17) is 9.47 Å². The lowest BCUT2D eigenvalue weighted by atomic mass is 9.83. The van der Waals surface area contributed by atoms with Crippen LogP contribution in [0.15, 0.2) is 109 Å². The van der Waals surface area contributed by atoms with E-state index in [2.05, 4.69) is 50.2 Å². The van der Waals surface area contributed by atoms with Crippen molar-refractivity contribution < 1.29 is 42.2 Å². The summed E-state index contributed by atoms with van der Waals surface area (Å²) in [6, 6.07) is 29.9. The van der Waals surface area contributed by atoms with Crippen LogP contribution in [0.4, 0.5) is 25.8 Å². The van der Waals surface area contributed by atoms with Crippen molar-refractivity contribution >= 4 is 46.5 Å². The van der Waals surface area contributed by atoms with Crippen LogP contribution in [0.3, 0.4) is 0 Å². The number of amides is 4. The second-order valence-electron chi connectivity index (χ2n) is 23.3. The Labute approximate surface area is 479 Å². The minimum absolute atomic E-state index is 0.0386. The Balaban J connectivity index is 0.815. The Morgan fingerprint density at radius 2 is 1.56 bits per heavy atom. The Morgan fingerprint density at radius 3 is 2.32 bits per heavy atom. The zero-order valence-corrected chi connectivity index (χ0v) is 47.6. The first-order valence-electron chi connectivity index (χ1n) is 28.9. The van der Waals surface area contributed by atoms with Crippen LogP contribution in [-0.4, -0.2) is 154 Å². The summed E-state index contributed by atoms with van der Waals surface area (Å²) in [5.74, 6) is -2.18. The van der Waals surface area contributed by atoms with E-state index >= 15 is 4.39 Å². The Bertz CT molecular complexity index is 3120. The lowest BCUT2D eigenvalue weighted by Crippen LogP contribution is -2.62. The number of piperazine rings is 1. The lowest BCUT2D eigenvalue weighted by molar-refractivity contribution is -0.125. The molecule has 82 heavy (non-hydrogen) atoms. The molecule has 4 amide bonds. The van der Waals surface area contributed by atoms with Crippen molar-refractivity contribution in [1.29, 1.82) is 0 Å². The number of likely N-dealkylation sites (N-methyl/N-ethyl adjacent to an activating group) is 1. The molecule has 5 aliphatic heterocycles. The molecule has 3 saturated heterocycles. The summed E-state index contributed by atoms with van der Waals surface area (Å²) >= 11 is 0. The van der Waals surface area contributed by atoms with Crippen LogP contribution in [0.2, 0.25) is 0 Å². The van der Waals surface area contributed by atoms with Gasteiger partial charge in [0.1, 0.15) is 17.7 Å². The Morgan fingerprint density at radius 1 is 0.817 bits per heavy atom. The summed E-state index contributed by atoms with van der Waals surface area (Å²) in [5.41, 5.74) is 5.08. The van der Waals surface area contributed by atoms with E-state index in [0.717, 1.165) is 60.3 Å². The molecule has 0 aliphatic carbocycles. The first-order valence-corrected chi connectivity index (χ1v) is 28.9. The quantitative estimate of drug-likeness (QED) is 0.0560. The smallest absolute Gasteiger partial charge is 0.246 e. The molecule has 5 aromatic carbocycles. The zero-order chi connectivity index (χ0) is 57.7. The highest BCUT2D eigenvalue weighted by Gasteiger charge is 2.48. The van der Waals surface area contributed by atoms with Gasteiger partial charge in [-0.25, -0.2) is 8.78 Å². The normalized spacial score (nSPS) is 23.1. The fraction of sp³-hybridized carbons (Fsp3) is 0.453. The third-order valence-electron chi connectivity index (χ3n) is 17.4. The molecule has 434 valence electrons. The van der Waals surface area contributed by atoms with E-state index in [0.29, 0.717) is 69.4 Å². The monoisotopic (exact) mass is 1120 g/mol. The fourth-order valence-electron chi connectivity index (χ4n) is 12.4. The molecule has 0 bridgehead atoms. The van der Waals surface area contributed by atoms with E-state index in [1.54, 1.807) is 55.3 Å². The van der Waals surface area contributed by atoms with Crippen molar-refractivity contribution in [2.24, 2.45) is 5.92 Å². The van der Waals surface area contributed by atoms with Gasteiger partial charge in [-0.1, -0.05) is 60.7 Å². The van der Waals surface area contributed by atoms with Gasteiger partial charge in [0, 0.05) is 107 Å². The number of halogens is 2. The second kappa shape index (κ2) is 25.8. The van der Waals surface area contributed by atoms with Crippen molar-refractivity contribution in [3.05, 3.63) is 160 Å². The van der Waals surface area contributed by atoms with Crippen molar-refractivity contribution in [1.82, 2.24) is 30.7 Å². The molecule has 5 aliphatic rings. The molecule has 5 aromatic rings. The van der Waals surface area contributed by atoms with Gasteiger partial charge in [-0.05, 0) is 142 Å². The van der Waals surface area contributed by atoms with Crippen molar-refractivity contribution in [3.8, 4) is 0 Å². The van der Waals surface area contributed by atoms with E-state index in [1.165, 1.54) is 30.3 Å². The molecule has 5 heterocycles. The number of nitrogens with zero attached hydrogens (tertiary/aromatic N) is 4. The molecule has 10 rings (SSSR count). The molecule has 16 nitrogen and oxygen atoms in total. The van der Waals surface area contributed by atoms with Crippen LogP contribution >= 0.6 is 0 Å². The zero-order valence-electron chi connectivity index (χ0n) is 47.6. The Kier molecular flexibility index (Phi) is 18.4. The minimum Gasteiger partial charge on any atom is -0.381 e. The van der Waals surface area contributed by atoms with Gasteiger partial charge in [0.2, 0.25) is 23.6 Å². The maximum Gasteiger partial charge on any atom is 0.246 e. The second-order valence-corrected chi connectivity index (χ2v) is 23.3. The number of ketones is 1. The molecular weight excluding hydrogens is 1040 g/mol. The lowest BCUT2D eigenvalue weighted by Gasteiger charge is -2.43. The van der Waals surface area contributed by atoms with Gasteiger partial charge >= 0.3 is 0 Å². The molecule has 0 saturated carbocycles. The first kappa shape index (κ1) is 58.4. The van der Waals surface area contributed by atoms with Crippen LogP contribution < -0.4 is 31.5 Å². The maximum absolute atomic E-state index is 15.7. The third kappa shape index (κ3) is 13.3. The molecular formula is C64H77F2N9O7. The van der Waals surface area contributed by atoms with Gasteiger partial charge in [0.15, 0.2) is 5.78 Å². The number of morpholine rings is 1. The van der Waals surface area contributed by atoms with E-state index < -0.39 is 29.2 Å². The number of fused-ring (bicyclic) bond motifs is 2. The van der Waals surface area contributed by atoms with Crippen LogP contribution in [0.5, 0.6) is 0 Å². The highest BCUT2D eigenvalue weighted by molar-refractivity contribution is 6.07. The average Bonchev–Trinajstić information content (AvgIpc) is 2.40. The predicted molar refractivity (Wildman–Crippen MR) is 312 cm³/mol. The summed E-state index contributed by atoms with van der Waals surface area (Å²) in [4.78, 5) is 79.5. The van der Waals surface area contributed by atoms with Crippen LogP contribution in [0.1, 0.15) is 90.3 Å². The number of carbonyl (C=O) groups excluding carboxylic acids is 5. The standard InChI is InChI=1S/C64H77F2N9O7/c1-40-33-73(51(32-68-40)35-72-24-27-82-38-41(72)2)37-59(77)75-39-64(4,53-20-14-45(29-57(53)75)28-43-10-16-49(65)17-11-43)63(80)69-50-18-12-44(13-19-50)30-58(76)47-15-21-54(66)55(31-47)70-62(79)60-52-9-7-6-8-48(52)34-74(60)36-56(46-22-25-81-26-23-46)71-61(78)42(3)67-5/h6-21,29,31,40-42,46,51,56,60,67-68H,22-28,30,32-39H2,1-5H3,(H,69,80)(H,70,79)(H,71,78)/t40-,41-,42+,51-,56-,60+,64?/m1/s1. The molecule has 0 spiro atoms. The van der Waals surface area contributed by atoms with Crippen molar-refractivity contribution in [3.63, 3.8) is 0 Å². The van der Waals surface area contributed by atoms with Crippen LogP contribution in [-0.2, 0) is 53.5 Å². The van der Waals surface area contributed by atoms with Gasteiger partial charge in [-0.15, -0.1) is 0 Å². The molecule has 5 N–H and O–H groups in total. The molecule has 7 atom stereocenters. The topological polar surface area (TPSA) is 177 Å². The fourth-order valence-corrected chi connectivity index (χ4v) is 12.4. The number of anilines is 3. The number of nitrogens with one attached hydrogen (secondary N) is 5. The molecule has 0 aromatic heterocycles. The maximum atomic E-state index is 15.7. The molecule has 3 fully saturated rings. The van der Waals surface area contributed by atoms with Crippen molar-refractivity contribution in [2.45, 2.75) is 102 Å². The van der Waals surface area contributed by atoms with Crippen LogP contribution in [0, 0.1) is 17.6 Å². The molecule has 1 unspecified atom stereocenters. The van der Waals surface area contributed by atoms with Crippen LogP contribution in [0.25, 0.3) is 0 Å². The number of hydrogen-bond acceptors (Lipinski definition) is 12. The largest absolute Gasteiger partial charge is 0.381 e. The van der Waals surface area contributed by atoms with E-state index in [-0.39, 0.29) is 90.2 Å². The number of carbonyl (C=O) groups is 5. The molecule has 0 radical (unpaired) electrons. The number of benzene rings is 5. The number of hydrogen-bond donors (Lipinski definition) is 5. The SMILES string of the molecule is CN[C@@H](C)C(=O)N[C@H](CN1Cc2ccccc2[C@H]1C(=O)Nc1cc(C(=O)Cc2ccc(NC(=O)C3(C)CN(C(=O)CN4C[C@@H](C)NC[C@@H]4CN4CCOC[C@H]4C)c4cc(Cc5ccc(F)cc5)ccc43)cc2)ccc1F)C1CCOCC1. The number of rotatable bonds is 19. The highest BCUT2D eigenvalue weighted by Crippen LogP contribution is 2.43. The highest BCUT2D eigenvalue weighted by atomic mass is 19.1. The average molecular weight is 1120 g/mol. The van der Waals surface area contributed by atoms with E-state index in [9.17, 15) is 28.4 Å². The first-order chi connectivity index (χ1) is 39.5. The molecule has 18 heteroatoms. The summed E-state index contributed by atoms with van der Waals surface area (Å²) in [7, 11) is 1.73. The number of ether oxygens (including phenoxy) is 2. The predicted octanol–water partition coefficient (Wildman–Crippen LogP) is 6.62. The summed E-state index contributed by atoms with van der Waals surface area (Å²) in [6.45, 7) is 14.7. The summed E-state index contributed by atoms with van der Waals surface area (Å²) in [6.07, 6.45) is 2.00. The van der Waals surface area contributed by atoms with Gasteiger partial charge in [0.25, 0.3) is 0 Å². The Hall–Kier alpha value is -6.77. The van der Waals surface area contributed by atoms with Gasteiger partial charge in [0.05, 0.1) is 36.9 Å². The van der Waals surface area contributed by atoms with Crippen molar-refractivity contribution in [2.75, 3.05) is 94.8 Å².